The minimum Gasteiger partial charge on any atom is -0.455 e. The van der Waals surface area contributed by atoms with Gasteiger partial charge in [-0.2, -0.15) is 0 Å². The van der Waals surface area contributed by atoms with Crippen molar-refractivity contribution < 1.29 is 9.53 Å². The molecule has 0 amide bonds. The standard InChI is InChI=1S/C19H22N2O2S/c1-14(23-15(2)22)19(24)21(20)13-18-10-6-9-17(12-18)11-16-7-4-3-5-8-16/h3-10,12,14H,11,13,20H2,1-2H3. The molecule has 0 radical (unpaired) electrons. The number of esters is 1. The number of benzene rings is 2. The van der Waals surface area contributed by atoms with Crippen molar-refractivity contribution in [2.24, 2.45) is 5.84 Å². The Morgan fingerprint density at radius 3 is 2.42 bits per heavy atom. The lowest BCUT2D eigenvalue weighted by molar-refractivity contribution is -0.142. The molecule has 0 bridgehead atoms. The van der Waals surface area contributed by atoms with Crippen LogP contribution in [0.4, 0.5) is 0 Å². The van der Waals surface area contributed by atoms with E-state index in [-0.39, 0.29) is 5.97 Å². The van der Waals surface area contributed by atoms with Crippen LogP contribution >= 0.6 is 12.2 Å². The number of carbonyl (C=O) groups excluding carboxylic acids is 1. The van der Waals surface area contributed by atoms with E-state index in [4.69, 9.17) is 22.8 Å². The molecule has 2 aromatic rings. The first-order chi connectivity index (χ1) is 11.5. The van der Waals surface area contributed by atoms with Gasteiger partial charge in [-0.15, -0.1) is 0 Å². The second-order valence-corrected chi connectivity index (χ2v) is 6.12. The largest absolute Gasteiger partial charge is 0.455 e. The Balaban J connectivity index is 2.01. The maximum atomic E-state index is 11.0. The fourth-order valence-electron chi connectivity index (χ4n) is 2.48. The van der Waals surface area contributed by atoms with Gasteiger partial charge in [0.1, 0.15) is 4.99 Å². The van der Waals surface area contributed by atoms with E-state index >= 15 is 0 Å². The Kier molecular flexibility index (Phi) is 6.46. The second kappa shape index (κ2) is 8.57. The van der Waals surface area contributed by atoms with E-state index in [0.717, 1.165) is 12.0 Å². The zero-order valence-electron chi connectivity index (χ0n) is 13.9. The van der Waals surface area contributed by atoms with Gasteiger partial charge in [-0.1, -0.05) is 66.8 Å². The zero-order valence-corrected chi connectivity index (χ0v) is 14.8. The number of rotatable bonds is 6. The second-order valence-electron chi connectivity index (χ2n) is 5.70. The molecule has 2 N–H and O–H groups in total. The highest BCUT2D eigenvalue weighted by atomic mass is 32.1. The van der Waals surface area contributed by atoms with Crippen LogP contribution in [0, 0.1) is 0 Å². The first kappa shape index (κ1) is 18.1. The van der Waals surface area contributed by atoms with E-state index in [2.05, 4.69) is 24.3 Å². The van der Waals surface area contributed by atoms with Gasteiger partial charge in [-0.3, -0.25) is 9.80 Å². The van der Waals surface area contributed by atoms with Crippen LogP contribution in [0.2, 0.25) is 0 Å². The van der Waals surface area contributed by atoms with Gasteiger partial charge in [0.2, 0.25) is 0 Å². The monoisotopic (exact) mass is 342 g/mol. The number of ether oxygens (including phenoxy) is 1. The number of hydrazine groups is 1. The summed E-state index contributed by atoms with van der Waals surface area (Å²) in [5.74, 6) is 5.66. The molecule has 2 rings (SSSR count). The fraction of sp³-hybridized carbons (Fsp3) is 0.263. The normalized spacial score (nSPS) is 11.6. The third-order valence-electron chi connectivity index (χ3n) is 3.57. The molecule has 0 fully saturated rings. The Bertz CT molecular complexity index is 704. The Morgan fingerprint density at radius 2 is 1.75 bits per heavy atom. The summed E-state index contributed by atoms with van der Waals surface area (Å²) in [5.41, 5.74) is 3.53. The van der Waals surface area contributed by atoms with Crippen molar-refractivity contribution in [1.82, 2.24) is 5.01 Å². The van der Waals surface area contributed by atoms with Crippen LogP contribution in [0.15, 0.2) is 54.6 Å². The number of hydrogen-bond acceptors (Lipinski definition) is 4. The van der Waals surface area contributed by atoms with Crippen molar-refractivity contribution in [1.29, 1.82) is 0 Å². The van der Waals surface area contributed by atoms with Gasteiger partial charge in [0.05, 0.1) is 6.54 Å². The summed E-state index contributed by atoms with van der Waals surface area (Å²) < 4.78 is 5.07. The van der Waals surface area contributed by atoms with Crippen molar-refractivity contribution in [3.8, 4) is 0 Å². The lowest BCUT2D eigenvalue weighted by atomic mass is 10.0. The zero-order chi connectivity index (χ0) is 17.5. The molecule has 0 aliphatic carbocycles. The summed E-state index contributed by atoms with van der Waals surface area (Å²) in [6.07, 6.45) is 0.350. The summed E-state index contributed by atoms with van der Waals surface area (Å²) in [6, 6.07) is 18.5. The molecule has 0 aromatic heterocycles. The van der Waals surface area contributed by atoms with Crippen molar-refractivity contribution in [3.05, 3.63) is 71.3 Å². The van der Waals surface area contributed by atoms with Crippen molar-refractivity contribution in [2.45, 2.75) is 32.9 Å². The van der Waals surface area contributed by atoms with Gasteiger partial charge in [0.15, 0.2) is 6.10 Å². The summed E-state index contributed by atoms with van der Waals surface area (Å²) in [4.78, 5) is 11.4. The van der Waals surface area contributed by atoms with E-state index in [9.17, 15) is 4.79 Å². The average molecular weight is 342 g/mol. The maximum Gasteiger partial charge on any atom is 0.303 e. The van der Waals surface area contributed by atoms with E-state index in [1.807, 2.05) is 30.3 Å². The third-order valence-corrected chi connectivity index (χ3v) is 4.14. The van der Waals surface area contributed by atoms with E-state index in [1.54, 1.807) is 6.92 Å². The maximum absolute atomic E-state index is 11.0. The highest BCUT2D eigenvalue weighted by Gasteiger charge is 2.16. The molecule has 0 aliphatic heterocycles. The van der Waals surface area contributed by atoms with Gasteiger partial charge in [0.25, 0.3) is 0 Å². The van der Waals surface area contributed by atoms with Crippen LogP contribution in [0.3, 0.4) is 0 Å². The van der Waals surface area contributed by atoms with Gasteiger partial charge in [-0.05, 0) is 30.0 Å². The molecule has 5 heteroatoms. The Hall–Kier alpha value is -2.24. The highest BCUT2D eigenvalue weighted by Crippen LogP contribution is 2.13. The first-order valence-electron chi connectivity index (χ1n) is 7.80. The number of nitrogens with zero attached hydrogens (tertiary/aromatic N) is 1. The summed E-state index contributed by atoms with van der Waals surface area (Å²) in [7, 11) is 0. The van der Waals surface area contributed by atoms with Gasteiger partial charge in [0, 0.05) is 6.92 Å². The van der Waals surface area contributed by atoms with Crippen LogP contribution in [0.1, 0.15) is 30.5 Å². The molecular weight excluding hydrogens is 320 g/mol. The minimum absolute atomic E-state index is 0.372. The highest BCUT2D eigenvalue weighted by molar-refractivity contribution is 7.80. The lowest BCUT2D eigenvalue weighted by Crippen LogP contribution is -2.42. The van der Waals surface area contributed by atoms with Gasteiger partial charge < -0.3 is 4.74 Å². The number of nitrogens with two attached hydrogens (primary N) is 1. The third kappa shape index (κ3) is 5.44. The molecule has 24 heavy (non-hydrogen) atoms. The van der Waals surface area contributed by atoms with Crippen molar-refractivity contribution in [3.63, 3.8) is 0 Å². The molecule has 0 heterocycles. The predicted molar refractivity (Wildman–Crippen MR) is 99.2 cm³/mol. The Morgan fingerprint density at radius 1 is 1.12 bits per heavy atom. The predicted octanol–water partition coefficient (Wildman–Crippen LogP) is 3.23. The lowest BCUT2D eigenvalue weighted by Gasteiger charge is -2.23. The van der Waals surface area contributed by atoms with Crippen LogP contribution in [0.5, 0.6) is 0 Å². The smallest absolute Gasteiger partial charge is 0.303 e. The number of thiocarbonyl (C=S) groups is 1. The molecule has 0 aliphatic rings. The van der Waals surface area contributed by atoms with Crippen LogP contribution in [-0.4, -0.2) is 22.1 Å². The molecule has 1 unspecified atom stereocenters. The van der Waals surface area contributed by atoms with Crippen LogP contribution < -0.4 is 5.84 Å². The van der Waals surface area contributed by atoms with Crippen molar-refractivity contribution >= 4 is 23.2 Å². The molecule has 126 valence electrons. The molecule has 0 spiro atoms. The van der Waals surface area contributed by atoms with Gasteiger partial charge in [-0.25, -0.2) is 5.84 Å². The quantitative estimate of drug-likeness (QED) is 0.378. The van der Waals surface area contributed by atoms with E-state index in [1.165, 1.54) is 23.1 Å². The molecule has 2 aromatic carbocycles. The van der Waals surface area contributed by atoms with Crippen LogP contribution in [-0.2, 0) is 22.5 Å². The molecule has 4 nitrogen and oxygen atoms in total. The SMILES string of the molecule is CC(=O)OC(C)C(=S)N(N)Cc1cccc(Cc2ccccc2)c1. The number of carbonyl (C=O) groups is 1. The molecule has 0 saturated heterocycles. The summed E-state index contributed by atoms with van der Waals surface area (Å²) in [5, 5.41) is 1.45. The molecule has 0 saturated carbocycles. The number of hydrogen-bond donors (Lipinski definition) is 1. The Labute approximate surface area is 148 Å². The van der Waals surface area contributed by atoms with Crippen LogP contribution in [0.25, 0.3) is 0 Å². The van der Waals surface area contributed by atoms with Gasteiger partial charge >= 0.3 is 5.97 Å². The minimum atomic E-state index is -0.519. The molecule has 1 atom stereocenters. The first-order valence-corrected chi connectivity index (χ1v) is 8.21. The average Bonchev–Trinajstić information content (AvgIpc) is 2.54. The summed E-state index contributed by atoms with van der Waals surface area (Å²) >= 11 is 5.28. The van der Waals surface area contributed by atoms with E-state index < -0.39 is 6.10 Å². The molecular formula is C19H22N2O2S. The fourth-order valence-corrected chi connectivity index (χ4v) is 2.59. The topological polar surface area (TPSA) is 55.6 Å². The summed E-state index contributed by atoms with van der Waals surface area (Å²) in [6.45, 7) is 3.54. The van der Waals surface area contributed by atoms with E-state index in [0.29, 0.717) is 11.5 Å². The van der Waals surface area contributed by atoms with Crippen molar-refractivity contribution in [2.75, 3.05) is 0 Å².